The Morgan fingerprint density at radius 1 is 1.22 bits per heavy atom. The number of hydrazine groups is 1. The summed E-state index contributed by atoms with van der Waals surface area (Å²) in [5.41, 5.74) is 15.1. The van der Waals surface area contributed by atoms with Gasteiger partial charge in [0.25, 0.3) is 0 Å². The molecular weight excluding hydrogens is 286 g/mol. The molecule has 0 atom stereocenters. The van der Waals surface area contributed by atoms with Crippen LogP contribution in [-0.2, 0) is 4.79 Å². The van der Waals surface area contributed by atoms with Crippen LogP contribution in [0.4, 0.5) is 0 Å². The van der Waals surface area contributed by atoms with Crippen LogP contribution in [0.5, 0.6) is 0 Å². The van der Waals surface area contributed by atoms with Crippen LogP contribution in [0.15, 0.2) is 69.8 Å². The first-order valence-corrected chi connectivity index (χ1v) is 8.39. The van der Waals surface area contributed by atoms with E-state index in [1.807, 2.05) is 0 Å². The van der Waals surface area contributed by atoms with Crippen molar-refractivity contribution in [2.75, 3.05) is 0 Å². The molecule has 1 fully saturated rings. The van der Waals surface area contributed by atoms with Crippen molar-refractivity contribution in [2.45, 2.75) is 32.1 Å². The monoisotopic (exact) mass is 305 g/mol. The van der Waals surface area contributed by atoms with Crippen molar-refractivity contribution in [2.24, 2.45) is 5.92 Å². The Kier molecular flexibility index (Phi) is 2.68. The molecule has 0 radical (unpaired) electrons. The van der Waals surface area contributed by atoms with Gasteiger partial charge in [-0.25, -0.2) is 0 Å². The van der Waals surface area contributed by atoms with E-state index >= 15 is 0 Å². The molecule has 0 aromatic heterocycles. The molecule has 0 aromatic carbocycles. The summed E-state index contributed by atoms with van der Waals surface area (Å²) in [5.74, 6) is 0.408. The smallest absolute Gasteiger partial charge is 0.227 e. The zero-order valence-electron chi connectivity index (χ0n) is 12.9. The maximum Gasteiger partial charge on any atom is 0.227 e. The fraction of sp³-hybridized carbons (Fsp3) is 0.316. The predicted molar refractivity (Wildman–Crippen MR) is 88.4 cm³/mol. The molecule has 5 rings (SSSR count). The molecule has 4 nitrogen and oxygen atoms in total. The molecule has 5 aliphatic rings. The Morgan fingerprint density at radius 3 is 3.00 bits per heavy atom. The average molecular weight is 305 g/mol. The van der Waals surface area contributed by atoms with E-state index in [0.29, 0.717) is 0 Å². The summed E-state index contributed by atoms with van der Waals surface area (Å²) in [6.07, 6.45) is 16.0. The van der Waals surface area contributed by atoms with Crippen LogP contribution in [0, 0.1) is 5.92 Å². The minimum atomic E-state index is 0.175. The van der Waals surface area contributed by atoms with Gasteiger partial charge >= 0.3 is 0 Å². The summed E-state index contributed by atoms with van der Waals surface area (Å²) in [6.45, 7) is 0. The normalized spacial score (nSPS) is 24.6. The predicted octanol–water partition coefficient (Wildman–Crippen LogP) is 2.63. The number of carbonyl (C=O) groups is 1. The summed E-state index contributed by atoms with van der Waals surface area (Å²) in [6, 6.07) is 0. The van der Waals surface area contributed by atoms with E-state index in [4.69, 9.17) is 0 Å². The lowest BCUT2D eigenvalue weighted by Gasteiger charge is -2.18. The zero-order chi connectivity index (χ0) is 15.4. The highest BCUT2D eigenvalue weighted by molar-refractivity contribution is 5.83. The minimum Gasteiger partial charge on any atom is -0.329 e. The van der Waals surface area contributed by atoms with Crippen molar-refractivity contribution in [3.8, 4) is 0 Å². The Bertz CT molecular complexity index is 800. The first-order chi connectivity index (χ1) is 11.3. The second-order valence-electron chi connectivity index (χ2n) is 6.76. The molecule has 116 valence electrons. The number of hydrogen-bond acceptors (Lipinski definition) is 3. The SMILES string of the molecule is O=C(NC1=CC2=CC=C3CCC=CC3=C3NNC(=C23)C1)C1CC1. The highest BCUT2D eigenvalue weighted by Gasteiger charge is 2.33. The highest BCUT2D eigenvalue weighted by atomic mass is 16.2. The Hall–Kier alpha value is -2.49. The highest BCUT2D eigenvalue weighted by Crippen LogP contribution is 2.40. The Labute approximate surface area is 135 Å². The molecule has 1 aliphatic heterocycles. The Balaban J connectivity index is 1.54. The van der Waals surface area contributed by atoms with Crippen molar-refractivity contribution >= 4 is 5.91 Å². The molecule has 1 saturated carbocycles. The lowest BCUT2D eigenvalue weighted by molar-refractivity contribution is -0.121. The van der Waals surface area contributed by atoms with Gasteiger partial charge < -0.3 is 10.7 Å². The molecule has 0 aromatic rings. The van der Waals surface area contributed by atoms with Gasteiger partial charge in [0.05, 0.1) is 5.70 Å². The Morgan fingerprint density at radius 2 is 2.13 bits per heavy atom. The molecular formula is C19H19N3O. The van der Waals surface area contributed by atoms with E-state index in [9.17, 15) is 4.79 Å². The van der Waals surface area contributed by atoms with Crippen molar-refractivity contribution in [3.05, 3.63) is 69.8 Å². The fourth-order valence-corrected chi connectivity index (χ4v) is 3.67. The van der Waals surface area contributed by atoms with E-state index in [0.717, 1.165) is 43.5 Å². The third-order valence-corrected chi connectivity index (χ3v) is 5.05. The van der Waals surface area contributed by atoms with Crippen LogP contribution in [0.2, 0.25) is 0 Å². The quantitative estimate of drug-likeness (QED) is 0.735. The van der Waals surface area contributed by atoms with Crippen molar-refractivity contribution in [1.82, 2.24) is 16.2 Å². The van der Waals surface area contributed by atoms with Gasteiger partial charge in [0, 0.05) is 34.9 Å². The first-order valence-electron chi connectivity index (χ1n) is 8.39. The van der Waals surface area contributed by atoms with Gasteiger partial charge in [-0.3, -0.25) is 10.2 Å². The largest absolute Gasteiger partial charge is 0.329 e. The third-order valence-electron chi connectivity index (χ3n) is 5.05. The maximum absolute atomic E-state index is 12.1. The van der Waals surface area contributed by atoms with E-state index in [-0.39, 0.29) is 11.8 Å². The molecule has 1 amide bonds. The summed E-state index contributed by atoms with van der Waals surface area (Å²) < 4.78 is 0. The van der Waals surface area contributed by atoms with Gasteiger partial charge in [-0.2, -0.15) is 0 Å². The summed E-state index contributed by atoms with van der Waals surface area (Å²) in [7, 11) is 0. The van der Waals surface area contributed by atoms with Crippen molar-refractivity contribution in [3.63, 3.8) is 0 Å². The van der Waals surface area contributed by atoms with E-state index in [1.54, 1.807) is 0 Å². The fourth-order valence-electron chi connectivity index (χ4n) is 3.67. The van der Waals surface area contributed by atoms with Crippen LogP contribution in [0.3, 0.4) is 0 Å². The number of nitrogens with one attached hydrogen (secondary N) is 3. The molecule has 23 heavy (non-hydrogen) atoms. The van der Waals surface area contributed by atoms with E-state index in [1.165, 1.54) is 28.0 Å². The summed E-state index contributed by atoms with van der Waals surface area (Å²) >= 11 is 0. The van der Waals surface area contributed by atoms with Gasteiger partial charge in [0.15, 0.2) is 0 Å². The van der Waals surface area contributed by atoms with Gasteiger partial charge in [-0.15, -0.1) is 0 Å². The van der Waals surface area contributed by atoms with E-state index in [2.05, 4.69) is 46.5 Å². The van der Waals surface area contributed by atoms with Gasteiger partial charge in [0.2, 0.25) is 5.91 Å². The van der Waals surface area contributed by atoms with Gasteiger partial charge in [-0.05, 0) is 42.9 Å². The maximum atomic E-state index is 12.1. The summed E-state index contributed by atoms with van der Waals surface area (Å²) in [5, 5.41) is 3.11. The van der Waals surface area contributed by atoms with Crippen molar-refractivity contribution < 1.29 is 4.79 Å². The molecule has 0 unspecified atom stereocenters. The van der Waals surface area contributed by atoms with Crippen LogP contribution in [0.1, 0.15) is 32.1 Å². The van der Waals surface area contributed by atoms with Crippen molar-refractivity contribution in [1.29, 1.82) is 0 Å². The average Bonchev–Trinajstić information content (AvgIpc) is 3.34. The number of allylic oxidation sites excluding steroid dienone is 8. The molecule has 3 N–H and O–H groups in total. The third kappa shape index (κ3) is 2.09. The summed E-state index contributed by atoms with van der Waals surface area (Å²) in [4.78, 5) is 12.1. The lowest BCUT2D eigenvalue weighted by atomic mass is 9.89. The van der Waals surface area contributed by atoms with Crippen LogP contribution >= 0.6 is 0 Å². The van der Waals surface area contributed by atoms with Crippen LogP contribution < -0.4 is 16.2 Å². The van der Waals surface area contributed by atoms with Gasteiger partial charge in [0.1, 0.15) is 0 Å². The van der Waals surface area contributed by atoms with Crippen LogP contribution in [-0.4, -0.2) is 5.91 Å². The number of rotatable bonds is 2. The molecule has 0 bridgehead atoms. The number of carbonyl (C=O) groups excluding carboxylic acids is 1. The van der Waals surface area contributed by atoms with Crippen LogP contribution in [0.25, 0.3) is 0 Å². The second-order valence-corrected chi connectivity index (χ2v) is 6.76. The molecule has 4 aliphatic carbocycles. The second kappa shape index (κ2) is 4.75. The minimum absolute atomic E-state index is 0.175. The molecule has 4 heteroatoms. The molecule has 0 spiro atoms. The first kappa shape index (κ1) is 13.0. The van der Waals surface area contributed by atoms with E-state index < -0.39 is 0 Å². The zero-order valence-corrected chi connectivity index (χ0v) is 12.9. The lowest BCUT2D eigenvalue weighted by Crippen LogP contribution is -2.28. The topological polar surface area (TPSA) is 53.2 Å². The molecule has 0 saturated heterocycles. The number of fused-ring (bicyclic) bond motifs is 1. The number of hydrogen-bond donors (Lipinski definition) is 3. The molecule has 1 heterocycles. The standard InChI is InChI=1S/C19H19N3O/c23-19(12-6-7-12)20-14-9-13-8-5-11-3-1-2-4-15(11)18-17(13)16(10-14)21-22-18/h2,4-5,8-9,12,21-22H,1,3,6-7,10H2,(H,20,23). The number of amides is 1. The van der Waals surface area contributed by atoms with Gasteiger partial charge in [-0.1, -0.05) is 24.3 Å².